The summed E-state index contributed by atoms with van der Waals surface area (Å²) in [6.07, 6.45) is 5.12. The number of anilines is 3. The zero-order valence-electron chi connectivity index (χ0n) is 15.1. The molecular formula is C20H19IN6O. The molecule has 3 aromatic rings. The summed E-state index contributed by atoms with van der Waals surface area (Å²) >= 11 is 2.19. The van der Waals surface area contributed by atoms with Crippen LogP contribution in [0.4, 0.5) is 17.5 Å². The highest BCUT2D eigenvalue weighted by Gasteiger charge is 2.19. The van der Waals surface area contributed by atoms with Crippen molar-refractivity contribution < 1.29 is 4.79 Å². The first-order valence-electron chi connectivity index (χ1n) is 8.99. The number of carbonyl (C=O) groups excluding carboxylic acids is 1. The molecule has 1 fully saturated rings. The summed E-state index contributed by atoms with van der Waals surface area (Å²) in [5.41, 5.74) is 1.20. The van der Waals surface area contributed by atoms with Gasteiger partial charge in [-0.05, 0) is 52.9 Å². The molecule has 4 rings (SSSR count). The molecule has 0 radical (unpaired) electrons. The fourth-order valence-electron chi connectivity index (χ4n) is 3.06. The Morgan fingerprint density at radius 3 is 2.36 bits per heavy atom. The van der Waals surface area contributed by atoms with E-state index in [1.165, 1.54) is 0 Å². The van der Waals surface area contributed by atoms with Crippen LogP contribution in [0.15, 0.2) is 61.1 Å². The molecule has 1 aliphatic rings. The maximum absolute atomic E-state index is 12.3. The maximum Gasteiger partial charge on any atom is 0.255 e. The molecule has 0 unspecified atom stereocenters. The normalized spacial score (nSPS) is 14.0. The van der Waals surface area contributed by atoms with Crippen LogP contribution in [-0.4, -0.2) is 47.0 Å². The van der Waals surface area contributed by atoms with Gasteiger partial charge in [0.1, 0.15) is 5.82 Å². The molecule has 0 spiro atoms. The molecule has 7 nitrogen and oxygen atoms in total. The van der Waals surface area contributed by atoms with Gasteiger partial charge in [-0.15, -0.1) is 0 Å². The molecule has 0 atom stereocenters. The number of pyridine rings is 1. The smallest absolute Gasteiger partial charge is 0.255 e. The molecule has 1 aromatic carbocycles. The molecule has 0 aliphatic carbocycles. The van der Waals surface area contributed by atoms with E-state index in [0.29, 0.717) is 17.2 Å². The number of nitrogens with one attached hydrogen (secondary N) is 1. The molecule has 2 aromatic heterocycles. The van der Waals surface area contributed by atoms with Crippen LogP contribution < -0.4 is 15.1 Å². The Hall–Kier alpha value is -2.75. The van der Waals surface area contributed by atoms with E-state index >= 15 is 0 Å². The van der Waals surface area contributed by atoms with Gasteiger partial charge in [-0.25, -0.2) is 15.0 Å². The predicted molar refractivity (Wildman–Crippen MR) is 118 cm³/mol. The monoisotopic (exact) mass is 486 g/mol. The van der Waals surface area contributed by atoms with E-state index in [9.17, 15) is 4.79 Å². The fraction of sp³-hybridized carbons (Fsp3) is 0.200. The Morgan fingerprint density at radius 1 is 0.929 bits per heavy atom. The Kier molecular flexibility index (Phi) is 5.65. The SMILES string of the molecule is O=C(Nc1cnc(N2CCN(c3ccccn3)CC2)nc1)c1cccc(I)c1. The van der Waals surface area contributed by atoms with E-state index in [2.05, 4.69) is 52.7 Å². The lowest BCUT2D eigenvalue weighted by atomic mass is 10.2. The molecule has 28 heavy (non-hydrogen) atoms. The van der Waals surface area contributed by atoms with E-state index in [1.54, 1.807) is 18.5 Å². The van der Waals surface area contributed by atoms with Crippen molar-refractivity contribution in [2.45, 2.75) is 0 Å². The number of amides is 1. The molecule has 0 saturated carbocycles. The minimum atomic E-state index is -0.168. The molecule has 1 aliphatic heterocycles. The van der Waals surface area contributed by atoms with Crippen LogP contribution in [0.25, 0.3) is 0 Å². The van der Waals surface area contributed by atoms with E-state index in [0.717, 1.165) is 35.6 Å². The van der Waals surface area contributed by atoms with Crippen LogP contribution in [0.5, 0.6) is 0 Å². The minimum Gasteiger partial charge on any atom is -0.353 e. The highest BCUT2D eigenvalue weighted by molar-refractivity contribution is 14.1. The van der Waals surface area contributed by atoms with E-state index < -0.39 is 0 Å². The van der Waals surface area contributed by atoms with Gasteiger partial charge in [0.15, 0.2) is 0 Å². The standard InChI is InChI=1S/C20H19IN6O/c21-16-5-3-4-15(12-16)19(28)25-17-13-23-20(24-14-17)27-10-8-26(9-11-27)18-6-1-2-7-22-18/h1-7,12-14H,8-11H2,(H,25,28). The number of carbonyl (C=O) groups is 1. The summed E-state index contributed by atoms with van der Waals surface area (Å²) in [5, 5.41) is 2.84. The van der Waals surface area contributed by atoms with Crippen LogP contribution in [0.1, 0.15) is 10.4 Å². The number of rotatable bonds is 4. The topological polar surface area (TPSA) is 74.2 Å². The Labute approximate surface area is 177 Å². The van der Waals surface area contributed by atoms with Crippen molar-refractivity contribution in [3.63, 3.8) is 0 Å². The van der Waals surface area contributed by atoms with Crippen molar-refractivity contribution in [3.05, 3.63) is 70.2 Å². The summed E-state index contributed by atoms with van der Waals surface area (Å²) in [7, 11) is 0. The van der Waals surface area contributed by atoms with Crippen molar-refractivity contribution in [1.82, 2.24) is 15.0 Å². The number of piperazine rings is 1. The van der Waals surface area contributed by atoms with E-state index in [1.807, 2.05) is 42.6 Å². The lowest BCUT2D eigenvalue weighted by molar-refractivity contribution is 0.102. The molecule has 1 saturated heterocycles. The molecule has 1 N–H and O–H groups in total. The van der Waals surface area contributed by atoms with Gasteiger partial charge >= 0.3 is 0 Å². The summed E-state index contributed by atoms with van der Waals surface area (Å²) in [6, 6.07) is 13.4. The third kappa shape index (κ3) is 4.38. The van der Waals surface area contributed by atoms with Crippen LogP contribution in [0, 0.1) is 3.57 Å². The quantitative estimate of drug-likeness (QED) is 0.572. The second-order valence-corrected chi connectivity index (χ2v) is 7.64. The van der Waals surface area contributed by atoms with Gasteiger partial charge in [0.25, 0.3) is 5.91 Å². The summed E-state index contributed by atoms with van der Waals surface area (Å²) in [5.74, 6) is 1.50. The van der Waals surface area contributed by atoms with Crippen molar-refractivity contribution in [2.75, 3.05) is 41.3 Å². The molecule has 0 bridgehead atoms. The van der Waals surface area contributed by atoms with Gasteiger partial charge < -0.3 is 15.1 Å². The molecule has 8 heteroatoms. The number of halogens is 1. The van der Waals surface area contributed by atoms with Crippen molar-refractivity contribution in [3.8, 4) is 0 Å². The van der Waals surface area contributed by atoms with Gasteiger partial charge in [-0.1, -0.05) is 12.1 Å². The number of aromatic nitrogens is 3. The number of hydrogen-bond acceptors (Lipinski definition) is 6. The van der Waals surface area contributed by atoms with Crippen LogP contribution in [-0.2, 0) is 0 Å². The predicted octanol–water partition coefficient (Wildman–Crippen LogP) is 3.06. The first kappa shape index (κ1) is 18.6. The Morgan fingerprint density at radius 2 is 1.68 bits per heavy atom. The molecule has 142 valence electrons. The van der Waals surface area contributed by atoms with Gasteiger partial charge in [-0.3, -0.25) is 4.79 Å². The van der Waals surface area contributed by atoms with E-state index in [4.69, 9.17) is 0 Å². The first-order chi connectivity index (χ1) is 13.7. The van der Waals surface area contributed by atoms with Gasteiger partial charge in [0.05, 0.1) is 18.1 Å². The van der Waals surface area contributed by atoms with Crippen LogP contribution >= 0.6 is 22.6 Å². The zero-order chi connectivity index (χ0) is 19.3. The highest BCUT2D eigenvalue weighted by atomic mass is 127. The number of hydrogen-bond donors (Lipinski definition) is 1. The zero-order valence-corrected chi connectivity index (χ0v) is 17.3. The van der Waals surface area contributed by atoms with Gasteiger partial charge in [0.2, 0.25) is 5.95 Å². The maximum atomic E-state index is 12.3. The molecule has 3 heterocycles. The van der Waals surface area contributed by atoms with Gasteiger partial charge in [-0.2, -0.15) is 0 Å². The van der Waals surface area contributed by atoms with Crippen molar-refractivity contribution >= 4 is 46.0 Å². The Balaban J connectivity index is 1.35. The molecular weight excluding hydrogens is 467 g/mol. The van der Waals surface area contributed by atoms with E-state index in [-0.39, 0.29) is 5.91 Å². The summed E-state index contributed by atoms with van der Waals surface area (Å²) in [6.45, 7) is 3.38. The lowest BCUT2D eigenvalue weighted by Gasteiger charge is -2.35. The van der Waals surface area contributed by atoms with Crippen molar-refractivity contribution in [2.24, 2.45) is 0 Å². The molecule has 1 amide bonds. The number of nitrogens with zero attached hydrogens (tertiary/aromatic N) is 5. The lowest BCUT2D eigenvalue weighted by Crippen LogP contribution is -2.47. The third-order valence-electron chi connectivity index (χ3n) is 4.52. The summed E-state index contributed by atoms with van der Waals surface area (Å²) in [4.78, 5) is 30.0. The minimum absolute atomic E-state index is 0.168. The van der Waals surface area contributed by atoms with Crippen molar-refractivity contribution in [1.29, 1.82) is 0 Å². The largest absolute Gasteiger partial charge is 0.353 e. The average molecular weight is 486 g/mol. The summed E-state index contributed by atoms with van der Waals surface area (Å²) < 4.78 is 1.02. The Bertz CT molecular complexity index is 942. The van der Waals surface area contributed by atoms with Crippen LogP contribution in [0.3, 0.4) is 0 Å². The number of benzene rings is 1. The third-order valence-corrected chi connectivity index (χ3v) is 5.19. The second kappa shape index (κ2) is 8.51. The second-order valence-electron chi connectivity index (χ2n) is 6.40. The highest BCUT2D eigenvalue weighted by Crippen LogP contribution is 2.17. The average Bonchev–Trinajstić information content (AvgIpc) is 2.75. The first-order valence-corrected chi connectivity index (χ1v) is 10.1. The van der Waals surface area contributed by atoms with Gasteiger partial charge in [0, 0.05) is 41.5 Å². The van der Waals surface area contributed by atoms with Crippen LogP contribution in [0.2, 0.25) is 0 Å². The fourth-order valence-corrected chi connectivity index (χ4v) is 3.60.